The second-order valence-corrected chi connectivity index (χ2v) is 4.99. The summed E-state index contributed by atoms with van der Waals surface area (Å²) in [4.78, 5) is 15.5. The highest BCUT2D eigenvalue weighted by molar-refractivity contribution is 6.26. The van der Waals surface area contributed by atoms with Crippen molar-refractivity contribution in [3.8, 4) is 0 Å². The molecule has 4 nitrogen and oxygen atoms in total. The molecule has 0 fully saturated rings. The molecule has 2 rings (SSSR count). The Hall–Kier alpha value is -1.25. The van der Waals surface area contributed by atoms with Gasteiger partial charge in [-0.05, 0) is 35.3 Å². The van der Waals surface area contributed by atoms with E-state index in [9.17, 15) is 27.5 Å². The summed E-state index contributed by atoms with van der Waals surface area (Å²) in [5.41, 5.74) is -5.65. The minimum atomic E-state index is -4.75. The Morgan fingerprint density at radius 2 is 1.50 bits per heavy atom. The number of benzene rings is 1. The van der Waals surface area contributed by atoms with Gasteiger partial charge in [-0.2, -0.15) is 17.6 Å². The quantitative estimate of drug-likeness (QED) is 0.597. The highest BCUT2D eigenvalue weighted by Crippen LogP contribution is 2.52. The molecule has 0 saturated carbocycles. The molecule has 110 valence electrons. The van der Waals surface area contributed by atoms with E-state index >= 15 is 0 Å². The normalized spacial score (nSPS) is 13.9. The maximum Gasteiger partial charge on any atom is 0.361 e. The van der Waals surface area contributed by atoms with Crippen molar-refractivity contribution in [1.82, 2.24) is 9.97 Å². The van der Waals surface area contributed by atoms with Crippen LogP contribution in [0.3, 0.4) is 0 Å². The van der Waals surface area contributed by atoms with Crippen LogP contribution in [0.15, 0.2) is 23.0 Å². The summed E-state index contributed by atoms with van der Waals surface area (Å²) in [5.74, 6) is 0. The van der Waals surface area contributed by atoms with Crippen LogP contribution in [0.25, 0.3) is 11.0 Å². The first-order valence-electron chi connectivity index (χ1n) is 5.05. The smallest absolute Gasteiger partial charge is 0.361 e. The second-order valence-electron chi connectivity index (χ2n) is 4.05. The average molecular weight is 333 g/mol. The zero-order valence-corrected chi connectivity index (χ0v) is 10.9. The molecule has 0 aliphatic carbocycles. The lowest BCUT2D eigenvalue weighted by atomic mass is 9.93. The molecule has 0 bridgehead atoms. The van der Waals surface area contributed by atoms with Gasteiger partial charge in [-0.1, -0.05) is 6.07 Å². The zero-order chi connectivity index (χ0) is 15.3. The van der Waals surface area contributed by atoms with Crippen molar-refractivity contribution in [2.75, 3.05) is 0 Å². The summed E-state index contributed by atoms with van der Waals surface area (Å²) in [6.07, 6.45) is 0. The van der Waals surface area contributed by atoms with Crippen molar-refractivity contribution in [2.45, 2.75) is 16.4 Å². The standard InChI is InChI=1S/C10H6Cl2F4N2O2/c11-9(13,14)8(20,10(12,15)16)4-1-2-5-6(3-4)18-7(19)17-5/h1-3,20H,(H2,17,18,19). The molecule has 0 aliphatic heterocycles. The molecule has 3 N–H and O–H groups in total. The molecule has 0 spiro atoms. The van der Waals surface area contributed by atoms with E-state index in [0.29, 0.717) is 0 Å². The van der Waals surface area contributed by atoms with Gasteiger partial charge >= 0.3 is 16.5 Å². The van der Waals surface area contributed by atoms with Gasteiger partial charge in [-0.15, -0.1) is 0 Å². The molecule has 1 aromatic carbocycles. The van der Waals surface area contributed by atoms with Crippen LogP contribution in [0.1, 0.15) is 5.56 Å². The van der Waals surface area contributed by atoms with Gasteiger partial charge in [0.2, 0.25) is 5.60 Å². The monoisotopic (exact) mass is 332 g/mol. The third kappa shape index (κ3) is 2.17. The van der Waals surface area contributed by atoms with E-state index in [1.165, 1.54) is 0 Å². The molecule has 20 heavy (non-hydrogen) atoms. The Labute approximate surface area is 118 Å². The minimum Gasteiger partial charge on any atom is -0.372 e. The molecule has 0 atom stereocenters. The Morgan fingerprint density at radius 1 is 1.00 bits per heavy atom. The number of fused-ring (bicyclic) bond motifs is 1. The van der Waals surface area contributed by atoms with Crippen molar-refractivity contribution < 1.29 is 22.7 Å². The van der Waals surface area contributed by atoms with Crippen molar-refractivity contribution in [2.24, 2.45) is 0 Å². The molecule has 0 unspecified atom stereocenters. The molecule has 0 aliphatic rings. The number of alkyl halides is 6. The first kappa shape index (κ1) is 15.1. The topological polar surface area (TPSA) is 68.9 Å². The third-order valence-corrected chi connectivity index (χ3v) is 3.30. The Morgan fingerprint density at radius 3 is 2.00 bits per heavy atom. The molecule has 1 aromatic heterocycles. The molecular formula is C10H6Cl2F4N2O2. The maximum absolute atomic E-state index is 13.2. The molecule has 2 aromatic rings. The van der Waals surface area contributed by atoms with Crippen molar-refractivity contribution in [3.63, 3.8) is 0 Å². The van der Waals surface area contributed by atoms with Crippen LogP contribution in [0.2, 0.25) is 0 Å². The number of imidazole rings is 1. The number of aromatic nitrogens is 2. The van der Waals surface area contributed by atoms with E-state index in [0.717, 1.165) is 18.2 Å². The van der Waals surface area contributed by atoms with E-state index in [1.54, 1.807) is 0 Å². The Balaban J connectivity index is 2.72. The third-order valence-electron chi connectivity index (χ3n) is 2.75. The number of aromatic amines is 2. The Kier molecular flexibility index (Phi) is 3.31. The molecule has 0 saturated heterocycles. The van der Waals surface area contributed by atoms with E-state index in [4.69, 9.17) is 0 Å². The zero-order valence-electron chi connectivity index (χ0n) is 9.36. The van der Waals surface area contributed by atoms with E-state index in [-0.39, 0.29) is 11.0 Å². The number of hydrogen-bond acceptors (Lipinski definition) is 2. The number of halogens is 6. The second kappa shape index (κ2) is 4.37. The van der Waals surface area contributed by atoms with Crippen LogP contribution in [-0.2, 0) is 5.60 Å². The number of hydrogen-bond donors (Lipinski definition) is 3. The molecular weight excluding hydrogens is 327 g/mol. The van der Waals surface area contributed by atoms with Crippen LogP contribution in [0.4, 0.5) is 17.6 Å². The first-order valence-corrected chi connectivity index (χ1v) is 5.81. The van der Waals surface area contributed by atoms with E-state index < -0.39 is 27.6 Å². The summed E-state index contributed by atoms with van der Waals surface area (Å²) in [6, 6.07) is 2.55. The number of nitrogens with one attached hydrogen (secondary N) is 2. The largest absolute Gasteiger partial charge is 0.372 e. The molecule has 0 radical (unpaired) electrons. The van der Waals surface area contributed by atoms with E-state index in [1.807, 2.05) is 0 Å². The fourth-order valence-electron chi connectivity index (χ4n) is 1.75. The Bertz CT molecular complexity index is 688. The van der Waals surface area contributed by atoms with Gasteiger partial charge in [0, 0.05) is 5.56 Å². The van der Waals surface area contributed by atoms with Gasteiger partial charge < -0.3 is 15.1 Å². The average Bonchev–Trinajstić information content (AvgIpc) is 2.63. The minimum absolute atomic E-state index is 0.0623. The predicted octanol–water partition coefficient (Wildman–Crippen LogP) is 2.71. The van der Waals surface area contributed by atoms with Crippen molar-refractivity contribution in [1.29, 1.82) is 0 Å². The lowest BCUT2D eigenvalue weighted by molar-refractivity contribution is -0.224. The van der Waals surface area contributed by atoms with Crippen molar-refractivity contribution >= 4 is 34.2 Å². The summed E-state index contributed by atoms with van der Waals surface area (Å²) in [7, 11) is 0. The van der Waals surface area contributed by atoms with Gasteiger partial charge in [-0.3, -0.25) is 0 Å². The fourth-order valence-corrected chi connectivity index (χ4v) is 2.25. The highest BCUT2D eigenvalue weighted by Gasteiger charge is 2.68. The van der Waals surface area contributed by atoms with E-state index in [2.05, 4.69) is 33.2 Å². The predicted molar refractivity (Wildman–Crippen MR) is 64.4 cm³/mol. The lowest BCUT2D eigenvalue weighted by Gasteiger charge is -2.35. The maximum atomic E-state index is 13.2. The van der Waals surface area contributed by atoms with Crippen LogP contribution in [-0.4, -0.2) is 25.8 Å². The summed E-state index contributed by atoms with van der Waals surface area (Å²) in [6.45, 7) is 0. The molecule has 0 amide bonds. The number of rotatable bonds is 3. The SMILES string of the molecule is O=c1[nH]c2ccc(C(O)(C(F)(F)Cl)C(F)(F)Cl)cc2[nH]1. The summed E-state index contributed by atoms with van der Waals surface area (Å²) in [5, 5.41) is 0.161. The van der Waals surface area contributed by atoms with Crippen LogP contribution in [0, 0.1) is 0 Å². The fraction of sp³-hybridized carbons (Fsp3) is 0.300. The van der Waals surface area contributed by atoms with Crippen LogP contribution in [0.5, 0.6) is 0 Å². The lowest BCUT2D eigenvalue weighted by Crippen LogP contribution is -2.52. The van der Waals surface area contributed by atoms with Gasteiger partial charge in [0.05, 0.1) is 11.0 Å². The van der Waals surface area contributed by atoms with Gasteiger partial charge in [0.25, 0.3) is 0 Å². The van der Waals surface area contributed by atoms with Gasteiger partial charge in [0.1, 0.15) is 0 Å². The van der Waals surface area contributed by atoms with Crippen LogP contribution >= 0.6 is 23.2 Å². The highest BCUT2D eigenvalue weighted by atomic mass is 35.5. The van der Waals surface area contributed by atoms with Gasteiger partial charge in [0.15, 0.2) is 0 Å². The number of H-pyrrole nitrogens is 2. The molecule has 10 heteroatoms. The van der Waals surface area contributed by atoms with Crippen molar-refractivity contribution in [3.05, 3.63) is 34.2 Å². The molecule has 1 heterocycles. The first-order chi connectivity index (χ1) is 8.97. The van der Waals surface area contributed by atoms with Crippen LogP contribution < -0.4 is 5.69 Å². The summed E-state index contributed by atoms with van der Waals surface area (Å²) < 4.78 is 52.9. The van der Waals surface area contributed by atoms with Gasteiger partial charge in [-0.25, -0.2) is 4.79 Å². The number of aliphatic hydroxyl groups is 1. The summed E-state index contributed by atoms with van der Waals surface area (Å²) >= 11 is 9.18.